The quantitative estimate of drug-likeness (QED) is 0.627. The number of fused-ring (bicyclic) bond motifs is 1. The van der Waals surface area contributed by atoms with E-state index in [0.717, 1.165) is 67.1 Å². The Bertz CT molecular complexity index is 1040. The van der Waals surface area contributed by atoms with Crippen molar-refractivity contribution in [3.63, 3.8) is 0 Å². The molecule has 0 amide bonds. The number of ether oxygens (including phenoxy) is 1. The first kappa shape index (κ1) is 21.7. The van der Waals surface area contributed by atoms with Crippen LogP contribution in [0.4, 0.5) is 4.39 Å². The standard InChI is InChI=1S/C25H30FN3O2/c1-18-13-19(3-8-25(18)31-2)15-29-11-10-28(17-23(29)9-12-30)16-22-6-4-20-14-21(26)5-7-24(20)27-22/h3-8,13-14,23,30H,9-12,15-17H2,1-2H3. The summed E-state index contributed by atoms with van der Waals surface area (Å²) in [6.45, 7) is 6.63. The van der Waals surface area contributed by atoms with E-state index in [1.165, 1.54) is 17.7 Å². The summed E-state index contributed by atoms with van der Waals surface area (Å²) < 4.78 is 18.8. The molecule has 1 atom stereocenters. The molecule has 2 heterocycles. The lowest BCUT2D eigenvalue weighted by Crippen LogP contribution is -2.52. The molecule has 1 aliphatic rings. The highest BCUT2D eigenvalue weighted by Gasteiger charge is 2.27. The van der Waals surface area contributed by atoms with Crippen molar-refractivity contribution in [2.75, 3.05) is 33.4 Å². The predicted octanol–water partition coefficient (Wildman–Crippen LogP) is 3.76. The molecular formula is C25H30FN3O2. The molecule has 4 rings (SSSR count). The number of rotatable bonds is 7. The first-order valence-electron chi connectivity index (χ1n) is 10.8. The van der Waals surface area contributed by atoms with Crippen LogP contribution < -0.4 is 4.74 Å². The van der Waals surface area contributed by atoms with Gasteiger partial charge in [0.25, 0.3) is 0 Å². The van der Waals surface area contributed by atoms with E-state index in [2.05, 4.69) is 28.9 Å². The summed E-state index contributed by atoms with van der Waals surface area (Å²) in [4.78, 5) is 9.57. The number of pyridine rings is 1. The Morgan fingerprint density at radius 2 is 1.97 bits per heavy atom. The molecule has 5 nitrogen and oxygen atoms in total. The van der Waals surface area contributed by atoms with Crippen LogP contribution in [-0.2, 0) is 13.1 Å². The molecule has 1 aromatic heterocycles. The average Bonchev–Trinajstić information content (AvgIpc) is 2.76. The van der Waals surface area contributed by atoms with E-state index in [9.17, 15) is 9.50 Å². The molecule has 6 heteroatoms. The molecule has 0 bridgehead atoms. The van der Waals surface area contributed by atoms with Crippen LogP contribution in [0.15, 0.2) is 48.5 Å². The van der Waals surface area contributed by atoms with E-state index in [4.69, 9.17) is 9.72 Å². The number of aliphatic hydroxyl groups excluding tert-OH is 1. The number of halogens is 1. The number of nitrogens with zero attached hydrogens (tertiary/aromatic N) is 3. The minimum absolute atomic E-state index is 0.177. The average molecular weight is 424 g/mol. The van der Waals surface area contributed by atoms with Crippen molar-refractivity contribution in [2.24, 2.45) is 0 Å². The van der Waals surface area contributed by atoms with Gasteiger partial charge in [-0.3, -0.25) is 14.8 Å². The van der Waals surface area contributed by atoms with Crippen LogP contribution in [0.5, 0.6) is 5.75 Å². The van der Waals surface area contributed by atoms with Crippen LogP contribution in [0.3, 0.4) is 0 Å². The van der Waals surface area contributed by atoms with Gasteiger partial charge in [-0.05, 0) is 54.8 Å². The maximum Gasteiger partial charge on any atom is 0.123 e. The highest BCUT2D eigenvalue weighted by molar-refractivity contribution is 5.78. The Labute approximate surface area is 183 Å². The fraction of sp³-hybridized carbons (Fsp3) is 0.400. The van der Waals surface area contributed by atoms with Gasteiger partial charge in [0.05, 0.1) is 18.3 Å². The number of piperazine rings is 1. The largest absolute Gasteiger partial charge is 0.496 e. The topological polar surface area (TPSA) is 48.8 Å². The SMILES string of the molecule is COc1ccc(CN2CCN(Cc3ccc4cc(F)ccc4n3)CC2CCO)cc1C. The van der Waals surface area contributed by atoms with Crippen molar-refractivity contribution >= 4 is 10.9 Å². The summed E-state index contributed by atoms with van der Waals surface area (Å²) in [5.41, 5.74) is 4.21. The molecule has 0 radical (unpaired) electrons. The smallest absolute Gasteiger partial charge is 0.123 e. The van der Waals surface area contributed by atoms with Crippen molar-refractivity contribution in [3.8, 4) is 5.75 Å². The lowest BCUT2D eigenvalue weighted by Gasteiger charge is -2.41. The van der Waals surface area contributed by atoms with E-state index in [1.807, 2.05) is 18.2 Å². The number of aromatic nitrogens is 1. The van der Waals surface area contributed by atoms with E-state index in [1.54, 1.807) is 13.2 Å². The highest BCUT2D eigenvalue weighted by Crippen LogP contribution is 2.23. The van der Waals surface area contributed by atoms with Crippen molar-refractivity contribution in [1.29, 1.82) is 0 Å². The zero-order valence-electron chi connectivity index (χ0n) is 18.2. The van der Waals surface area contributed by atoms with Crippen molar-refractivity contribution in [3.05, 3.63) is 71.2 Å². The van der Waals surface area contributed by atoms with Gasteiger partial charge in [0.1, 0.15) is 11.6 Å². The lowest BCUT2D eigenvalue weighted by atomic mass is 10.1. The molecule has 0 spiro atoms. The molecule has 1 fully saturated rings. The van der Waals surface area contributed by atoms with Gasteiger partial charge < -0.3 is 9.84 Å². The molecule has 164 valence electrons. The normalized spacial score (nSPS) is 17.9. The van der Waals surface area contributed by atoms with Crippen molar-refractivity contribution < 1.29 is 14.2 Å². The molecule has 31 heavy (non-hydrogen) atoms. The Morgan fingerprint density at radius 3 is 2.74 bits per heavy atom. The molecule has 0 saturated carbocycles. The Hall–Kier alpha value is -2.54. The molecule has 1 aliphatic heterocycles. The number of aliphatic hydroxyl groups is 1. The van der Waals surface area contributed by atoms with Gasteiger partial charge in [-0.2, -0.15) is 0 Å². The summed E-state index contributed by atoms with van der Waals surface area (Å²) in [7, 11) is 1.70. The molecule has 0 aliphatic carbocycles. The van der Waals surface area contributed by atoms with Crippen molar-refractivity contribution in [1.82, 2.24) is 14.8 Å². The minimum atomic E-state index is -0.239. The van der Waals surface area contributed by atoms with Crippen LogP contribution >= 0.6 is 0 Å². The molecule has 3 aromatic rings. The molecular weight excluding hydrogens is 393 g/mol. The maximum atomic E-state index is 13.4. The van der Waals surface area contributed by atoms with Crippen LogP contribution in [0, 0.1) is 12.7 Å². The Morgan fingerprint density at radius 1 is 1.10 bits per heavy atom. The summed E-state index contributed by atoms with van der Waals surface area (Å²) in [6, 6.07) is 15.2. The Kier molecular flexibility index (Phi) is 6.80. The van der Waals surface area contributed by atoms with Gasteiger partial charge in [0, 0.05) is 50.8 Å². The van der Waals surface area contributed by atoms with Crippen LogP contribution in [0.25, 0.3) is 10.9 Å². The molecule has 1 unspecified atom stereocenters. The summed E-state index contributed by atoms with van der Waals surface area (Å²) in [5, 5.41) is 10.4. The van der Waals surface area contributed by atoms with Gasteiger partial charge in [0.2, 0.25) is 0 Å². The van der Waals surface area contributed by atoms with Gasteiger partial charge in [0.15, 0.2) is 0 Å². The Balaban J connectivity index is 1.42. The lowest BCUT2D eigenvalue weighted by molar-refractivity contribution is 0.0494. The highest BCUT2D eigenvalue weighted by atomic mass is 19.1. The number of methoxy groups -OCH3 is 1. The zero-order chi connectivity index (χ0) is 21.8. The fourth-order valence-electron chi connectivity index (χ4n) is 4.46. The van der Waals surface area contributed by atoms with Crippen LogP contribution in [0.2, 0.25) is 0 Å². The second-order valence-corrected chi connectivity index (χ2v) is 8.32. The monoisotopic (exact) mass is 423 g/mol. The molecule has 1 saturated heterocycles. The third-order valence-electron chi connectivity index (χ3n) is 6.09. The van der Waals surface area contributed by atoms with Gasteiger partial charge in [-0.25, -0.2) is 4.39 Å². The van der Waals surface area contributed by atoms with Crippen LogP contribution in [-0.4, -0.2) is 59.3 Å². The third kappa shape index (κ3) is 5.21. The van der Waals surface area contributed by atoms with Gasteiger partial charge in [-0.1, -0.05) is 18.2 Å². The second-order valence-electron chi connectivity index (χ2n) is 8.32. The van der Waals surface area contributed by atoms with Crippen molar-refractivity contribution in [2.45, 2.75) is 32.5 Å². The van der Waals surface area contributed by atoms with Gasteiger partial charge in [-0.15, -0.1) is 0 Å². The zero-order valence-corrected chi connectivity index (χ0v) is 18.2. The predicted molar refractivity (Wildman–Crippen MR) is 121 cm³/mol. The molecule has 1 N–H and O–H groups in total. The van der Waals surface area contributed by atoms with E-state index in [-0.39, 0.29) is 18.5 Å². The third-order valence-corrected chi connectivity index (χ3v) is 6.09. The molecule has 2 aromatic carbocycles. The minimum Gasteiger partial charge on any atom is -0.496 e. The van der Waals surface area contributed by atoms with E-state index < -0.39 is 0 Å². The summed E-state index contributed by atoms with van der Waals surface area (Å²) in [5.74, 6) is 0.670. The van der Waals surface area contributed by atoms with Gasteiger partial charge >= 0.3 is 0 Å². The number of hydrogen-bond donors (Lipinski definition) is 1. The first-order valence-corrected chi connectivity index (χ1v) is 10.8. The van der Waals surface area contributed by atoms with E-state index in [0.29, 0.717) is 0 Å². The first-order chi connectivity index (χ1) is 15.1. The maximum absolute atomic E-state index is 13.4. The van der Waals surface area contributed by atoms with Crippen LogP contribution in [0.1, 0.15) is 23.2 Å². The number of benzene rings is 2. The summed E-state index contributed by atoms with van der Waals surface area (Å²) in [6.07, 6.45) is 0.746. The number of aryl methyl sites for hydroxylation is 1. The second kappa shape index (κ2) is 9.73. The summed E-state index contributed by atoms with van der Waals surface area (Å²) >= 11 is 0. The fourth-order valence-corrected chi connectivity index (χ4v) is 4.46. The van der Waals surface area contributed by atoms with E-state index >= 15 is 0 Å². The number of hydrogen-bond acceptors (Lipinski definition) is 5.